The van der Waals surface area contributed by atoms with Crippen molar-refractivity contribution < 1.29 is 14.3 Å². The molecule has 0 atom stereocenters. The molecule has 1 rings (SSSR count). The number of nitrogens with one attached hydrogen (secondary N) is 1. The van der Waals surface area contributed by atoms with Crippen molar-refractivity contribution in [2.24, 2.45) is 0 Å². The second kappa shape index (κ2) is 7.25. The summed E-state index contributed by atoms with van der Waals surface area (Å²) in [5.41, 5.74) is 0.885. The number of aliphatic carboxylic acids is 1. The van der Waals surface area contributed by atoms with E-state index >= 15 is 0 Å². The van der Waals surface area contributed by atoms with Crippen molar-refractivity contribution in [3.8, 4) is 11.8 Å². The first-order chi connectivity index (χ1) is 8.63. The molecule has 0 amide bonds. The van der Waals surface area contributed by atoms with Gasteiger partial charge >= 0.3 is 5.97 Å². The molecule has 0 spiro atoms. The Bertz CT molecular complexity index is 512. The van der Waals surface area contributed by atoms with Gasteiger partial charge in [0.25, 0.3) is 0 Å². The molecule has 0 bridgehead atoms. The summed E-state index contributed by atoms with van der Waals surface area (Å²) in [6, 6.07) is 4.38. The van der Waals surface area contributed by atoms with Crippen molar-refractivity contribution in [2.45, 2.75) is 6.42 Å². The highest BCUT2D eigenvalue weighted by Gasteiger charge is 1.99. The third kappa shape index (κ3) is 4.81. The number of hydrogen-bond acceptors (Lipinski definition) is 2. The van der Waals surface area contributed by atoms with Gasteiger partial charge in [-0.25, -0.2) is 9.18 Å². The summed E-state index contributed by atoms with van der Waals surface area (Å²) in [5, 5.41) is 11.5. The van der Waals surface area contributed by atoms with E-state index in [0.717, 1.165) is 12.6 Å². The Balaban J connectivity index is 2.85. The minimum Gasteiger partial charge on any atom is -0.478 e. The molecule has 0 unspecified atom stereocenters. The summed E-state index contributed by atoms with van der Waals surface area (Å²) in [6.07, 6.45) is 2.82. The van der Waals surface area contributed by atoms with Gasteiger partial charge in [0, 0.05) is 30.2 Å². The van der Waals surface area contributed by atoms with Gasteiger partial charge in [0.05, 0.1) is 0 Å². The third-order valence-corrected chi connectivity index (χ3v) is 2.13. The van der Waals surface area contributed by atoms with Gasteiger partial charge in [-0.3, -0.25) is 0 Å². The smallest absolute Gasteiger partial charge is 0.328 e. The Labute approximate surface area is 105 Å². The minimum absolute atomic E-state index is 0.220. The highest BCUT2D eigenvalue weighted by atomic mass is 19.1. The maximum atomic E-state index is 13.4. The molecule has 4 heteroatoms. The van der Waals surface area contributed by atoms with Crippen LogP contribution < -0.4 is 5.32 Å². The summed E-state index contributed by atoms with van der Waals surface area (Å²) in [6.45, 7) is 0.792. The molecule has 0 radical (unpaired) electrons. The fraction of sp³-hybridized carbons (Fsp3) is 0.214. The molecule has 0 aliphatic carbocycles. The van der Waals surface area contributed by atoms with Crippen molar-refractivity contribution in [2.75, 3.05) is 13.6 Å². The van der Waals surface area contributed by atoms with Gasteiger partial charge in [-0.15, -0.1) is 0 Å². The highest BCUT2D eigenvalue weighted by Crippen LogP contribution is 2.11. The Hall–Kier alpha value is -2.12. The zero-order valence-electron chi connectivity index (χ0n) is 10.0. The van der Waals surface area contributed by atoms with E-state index in [-0.39, 0.29) is 5.56 Å². The summed E-state index contributed by atoms with van der Waals surface area (Å²) in [5.74, 6) is 4.26. The first-order valence-electron chi connectivity index (χ1n) is 5.47. The average molecular weight is 247 g/mol. The molecule has 94 valence electrons. The molecule has 0 aliphatic rings. The lowest BCUT2D eigenvalue weighted by Gasteiger charge is -1.97. The number of rotatable bonds is 4. The van der Waals surface area contributed by atoms with Crippen LogP contribution in [-0.2, 0) is 4.79 Å². The summed E-state index contributed by atoms with van der Waals surface area (Å²) >= 11 is 0. The molecule has 0 fully saturated rings. The van der Waals surface area contributed by atoms with Crippen LogP contribution in [0.2, 0.25) is 0 Å². The number of halogens is 1. The summed E-state index contributed by atoms with van der Waals surface area (Å²) in [7, 11) is 1.84. The molecule has 1 aromatic rings. The fourth-order valence-corrected chi connectivity index (χ4v) is 1.26. The Morgan fingerprint density at radius 1 is 1.56 bits per heavy atom. The lowest BCUT2D eigenvalue weighted by atomic mass is 10.1. The van der Waals surface area contributed by atoms with E-state index in [1.165, 1.54) is 18.2 Å². The first kappa shape index (κ1) is 13.9. The van der Waals surface area contributed by atoms with Gasteiger partial charge < -0.3 is 10.4 Å². The molecule has 3 nitrogen and oxygen atoms in total. The summed E-state index contributed by atoms with van der Waals surface area (Å²) in [4.78, 5) is 10.4. The first-order valence-corrected chi connectivity index (χ1v) is 5.47. The van der Waals surface area contributed by atoms with Crippen LogP contribution in [0.4, 0.5) is 4.39 Å². The molecule has 2 N–H and O–H groups in total. The predicted octanol–water partition coefficient (Wildman–Crippen LogP) is 1.88. The monoisotopic (exact) mass is 247 g/mol. The maximum absolute atomic E-state index is 13.4. The molecule has 0 saturated heterocycles. The molecule has 0 aliphatic heterocycles. The molecule has 18 heavy (non-hydrogen) atoms. The van der Waals surface area contributed by atoms with E-state index < -0.39 is 11.8 Å². The molecule has 0 saturated carbocycles. The Morgan fingerprint density at radius 2 is 2.33 bits per heavy atom. The zero-order chi connectivity index (χ0) is 13.4. The van der Waals surface area contributed by atoms with Crippen LogP contribution in [-0.4, -0.2) is 24.7 Å². The van der Waals surface area contributed by atoms with Crippen LogP contribution >= 0.6 is 0 Å². The van der Waals surface area contributed by atoms with Gasteiger partial charge in [-0.2, -0.15) is 0 Å². The van der Waals surface area contributed by atoms with Crippen molar-refractivity contribution >= 4 is 12.0 Å². The van der Waals surface area contributed by atoms with Crippen LogP contribution in [0.15, 0.2) is 24.3 Å². The quantitative estimate of drug-likeness (QED) is 0.485. The van der Waals surface area contributed by atoms with Crippen LogP contribution in [0.25, 0.3) is 6.08 Å². The SMILES string of the molecule is CNCCC#Cc1ccc(F)c(/C=C/C(=O)O)c1. The van der Waals surface area contributed by atoms with Gasteiger partial charge in [0.2, 0.25) is 0 Å². The van der Waals surface area contributed by atoms with E-state index in [0.29, 0.717) is 12.0 Å². The van der Waals surface area contributed by atoms with E-state index in [1.54, 1.807) is 6.07 Å². The number of carbonyl (C=O) groups is 1. The van der Waals surface area contributed by atoms with E-state index in [1.807, 2.05) is 7.05 Å². The molecule has 1 aromatic carbocycles. The maximum Gasteiger partial charge on any atom is 0.328 e. The average Bonchev–Trinajstić information content (AvgIpc) is 2.34. The standard InChI is InChI=1S/C14H14FNO2/c1-16-9-3-2-4-11-5-7-13(15)12(10-11)6-8-14(17)18/h5-8,10,16H,3,9H2,1H3,(H,17,18)/b8-6+. The lowest BCUT2D eigenvalue weighted by molar-refractivity contribution is -0.131. The van der Waals surface area contributed by atoms with Crippen LogP contribution in [0, 0.1) is 17.7 Å². The molecular weight excluding hydrogens is 233 g/mol. The topological polar surface area (TPSA) is 49.3 Å². The highest BCUT2D eigenvalue weighted by molar-refractivity contribution is 5.85. The van der Waals surface area contributed by atoms with Gasteiger partial charge in [0.15, 0.2) is 0 Å². The Morgan fingerprint density at radius 3 is 3.00 bits per heavy atom. The van der Waals surface area contributed by atoms with Gasteiger partial charge in [-0.1, -0.05) is 11.8 Å². The van der Waals surface area contributed by atoms with Crippen LogP contribution in [0.5, 0.6) is 0 Å². The van der Waals surface area contributed by atoms with Gasteiger partial charge in [-0.05, 0) is 31.3 Å². The van der Waals surface area contributed by atoms with Crippen LogP contribution in [0.1, 0.15) is 17.5 Å². The number of carboxylic acids is 1. The fourth-order valence-electron chi connectivity index (χ4n) is 1.26. The largest absolute Gasteiger partial charge is 0.478 e. The second-order valence-corrected chi connectivity index (χ2v) is 3.56. The molecule has 0 aromatic heterocycles. The van der Waals surface area contributed by atoms with Crippen molar-refractivity contribution in [3.05, 3.63) is 41.2 Å². The van der Waals surface area contributed by atoms with E-state index in [2.05, 4.69) is 17.2 Å². The van der Waals surface area contributed by atoms with E-state index in [4.69, 9.17) is 5.11 Å². The summed E-state index contributed by atoms with van der Waals surface area (Å²) < 4.78 is 13.4. The minimum atomic E-state index is -1.11. The number of hydrogen-bond donors (Lipinski definition) is 2. The number of benzene rings is 1. The van der Waals surface area contributed by atoms with Gasteiger partial charge in [0.1, 0.15) is 5.82 Å². The van der Waals surface area contributed by atoms with E-state index in [9.17, 15) is 9.18 Å². The Kier molecular flexibility index (Phi) is 5.62. The molecule has 0 heterocycles. The van der Waals surface area contributed by atoms with Crippen molar-refractivity contribution in [1.82, 2.24) is 5.32 Å². The molecular formula is C14H14FNO2. The normalized spacial score (nSPS) is 10.1. The second-order valence-electron chi connectivity index (χ2n) is 3.56. The third-order valence-electron chi connectivity index (χ3n) is 2.13. The zero-order valence-corrected chi connectivity index (χ0v) is 10.0. The van der Waals surface area contributed by atoms with Crippen molar-refractivity contribution in [1.29, 1.82) is 0 Å². The predicted molar refractivity (Wildman–Crippen MR) is 68.5 cm³/mol. The van der Waals surface area contributed by atoms with Crippen LogP contribution in [0.3, 0.4) is 0 Å². The van der Waals surface area contributed by atoms with Crippen molar-refractivity contribution in [3.63, 3.8) is 0 Å². The lowest BCUT2D eigenvalue weighted by Crippen LogP contribution is -2.05. The number of carboxylic acid groups (broad SMARTS) is 1.